The summed E-state index contributed by atoms with van der Waals surface area (Å²) in [5.41, 5.74) is 0.499. The molecule has 1 N–H and O–H groups in total. The maximum absolute atomic E-state index is 11.9. The van der Waals surface area contributed by atoms with E-state index in [9.17, 15) is 18.5 Å². The van der Waals surface area contributed by atoms with Crippen LogP contribution in [0.15, 0.2) is 57.7 Å². The van der Waals surface area contributed by atoms with Crippen molar-refractivity contribution in [1.29, 1.82) is 0 Å². The molecule has 0 saturated heterocycles. The van der Waals surface area contributed by atoms with E-state index in [0.29, 0.717) is 17.5 Å². The predicted octanol–water partition coefficient (Wildman–Crippen LogP) is 2.33. The standard InChI is InChI=1S/C16H16N6O4S2/c1-3-21-15(11-6-8-18-9-7-11)19-20-16(21)27-14-5-4-12(28(25,26)17-2)10-13(14)22(23)24/h4-10,17H,3H2,1-2H3. The first-order valence-electron chi connectivity index (χ1n) is 8.10. The Morgan fingerprint density at radius 3 is 2.54 bits per heavy atom. The van der Waals surface area contributed by atoms with Gasteiger partial charge in [-0.25, -0.2) is 13.1 Å². The average molecular weight is 420 g/mol. The van der Waals surface area contributed by atoms with E-state index in [1.807, 2.05) is 11.5 Å². The summed E-state index contributed by atoms with van der Waals surface area (Å²) in [5.74, 6) is 0.615. The molecule has 10 nitrogen and oxygen atoms in total. The van der Waals surface area contributed by atoms with Gasteiger partial charge in [0.2, 0.25) is 10.0 Å². The van der Waals surface area contributed by atoms with Crippen LogP contribution in [0.2, 0.25) is 0 Å². The molecule has 146 valence electrons. The van der Waals surface area contributed by atoms with Crippen molar-refractivity contribution in [3.8, 4) is 11.4 Å². The van der Waals surface area contributed by atoms with E-state index >= 15 is 0 Å². The summed E-state index contributed by atoms with van der Waals surface area (Å²) in [4.78, 5) is 14.9. The summed E-state index contributed by atoms with van der Waals surface area (Å²) in [6.45, 7) is 2.46. The van der Waals surface area contributed by atoms with Gasteiger partial charge in [0.15, 0.2) is 11.0 Å². The molecule has 28 heavy (non-hydrogen) atoms. The first-order valence-corrected chi connectivity index (χ1v) is 10.4. The number of hydrogen-bond donors (Lipinski definition) is 1. The van der Waals surface area contributed by atoms with Crippen LogP contribution in [0, 0.1) is 10.1 Å². The second kappa shape index (κ2) is 8.04. The van der Waals surface area contributed by atoms with Crippen LogP contribution in [0.1, 0.15) is 6.92 Å². The van der Waals surface area contributed by atoms with Crippen LogP contribution in [0.5, 0.6) is 0 Å². The first kappa shape index (κ1) is 19.9. The number of rotatable bonds is 7. The number of nitrogens with one attached hydrogen (secondary N) is 1. The summed E-state index contributed by atoms with van der Waals surface area (Å²) in [7, 11) is -2.55. The van der Waals surface area contributed by atoms with Crippen LogP contribution >= 0.6 is 11.8 Å². The number of nitro groups is 1. The van der Waals surface area contributed by atoms with Gasteiger partial charge in [0, 0.05) is 30.6 Å². The lowest BCUT2D eigenvalue weighted by molar-refractivity contribution is -0.388. The maximum atomic E-state index is 11.9. The topological polar surface area (TPSA) is 133 Å². The second-order valence-electron chi connectivity index (χ2n) is 5.48. The van der Waals surface area contributed by atoms with Crippen molar-refractivity contribution in [2.75, 3.05) is 7.05 Å². The summed E-state index contributed by atoms with van der Waals surface area (Å²) in [6, 6.07) is 7.34. The molecular weight excluding hydrogens is 404 g/mol. The Morgan fingerprint density at radius 2 is 1.93 bits per heavy atom. The van der Waals surface area contributed by atoms with Crippen molar-refractivity contribution in [2.45, 2.75) is 28.4 Å². The third-order valence-electron chi connectivity index (χ3n) is 3.88. The smallest absolute Gasteiger partial charge is 0.284 e. The van der Waals surface area contributed by atoms with Crippen LogP contribution in [0.25, 0.3) is 11.4 Å². The third kappa shape index (κ3) is 3.88. The number of nitro benzene ring substituents is 1. The normalized spacial score (nSPS) is 11.5. The summed E-state index contributed by atoms with van der Waals surface area (Å²) < 4.78 is 27.8. The molecule has 0 saturated carbocycles. The Morgan fingerprint density at radius 1 is 1.21 bits per heavy atom. The lowest BCUT2D eigenvalue weighted by Gasteiger charge is -2.08. The number of aromatic nitrogens is 4. The maximum Gasteiger partial charge on any atom is 0.284 e. The summed E-state index contributed by atoms with van der Waals surface area (Å²) in [5, 5.41) is 20.3. The molecule has 2 heterocycles. The highest BCUT2D eigenvalue weighted by Crippen LogP contribution is 2.36. The van der Waals surface area contributed by atoms with Crippen molar-refractivity contribution in [2.24, 2.45) is 0 Å². The van der Waals surface area contributed by atoms with Gasteiger partial charge in [-0.2, -0.15) is 0 Å². The highest BCUT2D eigenvalue weighted by molar-refractivity contribution is 7.99. The Balaban J connectivity index is 2.03. The number of pyridine rings is 1. The zero-order valence-corrected chi connectivity index (χ0v) is 16.6. The van der Waals surface area contributed by atoms with Gasteiger partial charge in [-0.3, -0.25) is 15.1 Å². The van der Waals surface area contributed by atoms with E-state index in [2.05, 4.69) is 19.9 Å². The minimum atomic E-state index is -3.79. The molecule has 1 aromatic carbocycles. The van der Waals surface area contributed by atoms with Gasteiger partial charge in [-0.15, -0.1) is 10.2 Å². The predicted molar refractivity (Wildman–Crippen MR) is 102 cm³/mol. The van der Waals surface area contributed by atoms with E-state index < -0.39 is 14.9 Å². The van der Waals surface area contributed by atoms with Gasteiger partial charge in [-0.05, 0) is 50.0 Å². The highest BCUT2D eigenvalue weighted by Gasteiger charge is 2.23. The molecule has 0 unspecified atom stereocenters. The Hall–Kier alpha value is -2.83. The van der Waals surface area contributed by atoms with Gasteiger partial charge in [0.25, 0.3) is 5.69 Å². The lowest BCUT2D eigenvalue weighted by atomic mass is 10.2. The Kier molecular flexibility index (Phi) is 5.72. The Bertz CT molecular complexity index is 1120. The lowest BCUT2D eigenvalue weighted by Crippen LogP contribution is -2.18. The molecule has 3 rings (SSSR count). The molecule has 0 spiro atoms. The van der Waals surface area contributed by atoms with Gasteiger partial charge < -0.3 is 4.57 Å². The average Bonchev–Trinajstić information content (AvgIpc) is 3.11. The first-order chi connectivity index (χ1) is 13.4. The van der Waals surface area contributed by atoms with Crippen LogP contribution in [-0.2, 0) is 16.6 Å². The fraction of sp³-hybridized carbons (Fsp3) is 0.188. The molecule has 0 radical (unpaired) electrons. The molecule has 0 atom stereocenters. The molecule has 0 bridgehead atoms. The largest absolute Gasteiger partial charge is 0.302 e. The molecule has 0 amide bonds. The second-order valence-corrected chi connectivity index (χ2v) is 8.38. The van der Waals surface area contributed by atoms with Gasteiger partial charge in [-0.1, -0.05) is 0 Å². The number of sulfonamides is 1. The van der Waals surface area contributed by atoms with Crippen molar-refractivity contribution in [1.82, 2.24) is 24.5 Å². The van der Waals surface area contributed by atoms with Crippen LogP contribution in [-0.4, -0.2) is 40.1 Å². The SMILES string of the molecule is CCn1c(Sc2ccc(S(=O)(=O)NC)cc2[N+](=O)[O-])nnc1-c1ccncc1. The Labute approximate surface area is 165 Å². The minimum Gasteiger partial charge on any atom is -0.302 e. The molecule has 12 heteroatoms. The van der Waals surface area contributed by atoms with Crippen LogP contribution in [0.3, 0.4) is 0 Å². The number of hydrogen-bond acceptors (Lipinski definition) is 8. The van der Waals surface area contributed by atoms with Gasteiger partial charge >= 0.3 is 0 Å². The van der Waals surface area contributed by atoms with Gasteiger partial charge in [0.1, 0.15) is 0 Å². The zero-order chi connectivity index (χ0) is 20.3. The van der Waals surface area contributed by atoms with Crippen LogP contribution < -0.4 is 4.72 Å². The molecular formula is C16H16N6O4S2. The van der Waals surface area contributed by atoms with E-state index in [1.165, 1.54) is 19.2 Å². The quantitative estimate of drug-likeness (QED) is 0.455. The summed E-state index contributed by atoms with van der Waals surface area (Å²) >= 11 is 1.05. The van der Waals surface area contributed by atoms with Gasteiger partial charge in [0.05, 0.1) is 14.7 Å². The fourth-order valence-corrected chi connectivity index (χ4v) is 4.20. The van der Waals surface area contributed by atoms with Crippen molar-refractivity contribution < 1.29 is 13.3 Å². The number of nitrogens with zero attached hydrogens (tertiary/aromatic N) is 5. The van der Waals surface area contributed by atoms with E-state index in [0.717, 1.165) is 23.4 Å². The molecule has 2 aromatic heterocycles. The fourth-order valence-electron chi connectivity index (χ4n) is 2.47. The highest BCUT2D eigenvalue weighted by atomic mass is 32.2. The summed E-state index contributed by atoms with van der Waals surface area (Å²) in [6.07, 6.45) is 3.28. The molecule has 0 aliphatic carbocycles. The molecule has 3 aromatic rings. The van der Waals surface area contributed by atoms with Crippen molar-refractivity contribution in [3.05, 3.63) is 52.8 Å². The molecule has 0 fully saturated rings. The molecule has 0 aliphatic rings. The third-order valence-corrected chi connectivity index (χ3v) is 6.34. The van der Waals surface area contributed by atoms with Crippen LogP contribution in [0.4, 0.5) is 5.69 Å². The zero-order valence-electron chi connectivity index (χ0n) is 14.9. The van der Waals surface area contributed by atoms with E-state index in [1.54, 1.807) is 24.5 Å². The van der Waals surface area contributed by atoms with E-state index in [4.69, 9.17) is 0 Å². The van der Waals surface area contributed by atoms with E-state index in [-0.39, 0.29) is 15.5 Å². The molecule has 0 aliphatic heterocycles. The number of benzene rings is 1. The minimum absolute atomic E-state index is 0.180. The monoisotopic (exact) mass is 420 g/mol. The van der Waals surface area contributed by atoms with Crippen molar-refractivity contribution in [3.63, 3.8) is 0 Å². The van der Waals surface area contributed by atoms with Crippen molar-refractivity contribution >= 4 is 27.5 Å².